The molecule has 1 aromatic rings. The van der Waals surface area contributed by atoms with E-state index in [1.165, 1.54) is 0 Å². The van der Waals surface area contributed by atoms with E-state index in [0.29, 0.717) is 18.9 Å². The zero-order chi connectivity index (χ0) is 16.4. The summed E-state index contributed by atoms with van der Waals surface area (Å²) in [5.74, 6) is 2.12. The zero-order valence-corrected chi connectivity index (χ0v) is 14.1. The Morgan fingerprint density at radius 1 is 1.26 bits per heavy atom. The van der Waals surface area contributed by atoms with Gasteiger partial charge in [0.15, 0.2) is 11.5 Å². The van der Waals surface area contributed by atoms with Crippen LogP contribution in [0.15, 0.2) is 18.2 Å². The Balaban J connectivity index is 1.77. The van der Waals surface area contributed by atoms with Gasteiger partial charge in [0.1, 0.15) is 6.23 Å². The Hall–Kier alpha value is -1.75. The molecule has 0 N–H and O–H groups in total. The first-order valence-corrected chi connectivity index (χ1v) is 8.31. The number of rotatable bonds is 5. The molecule has 0 saturated carbocycles. The van der Waals surface area contributed by atoms with E-state index in [-0.39, 0.29) is 18.2 Å². The maximum atomic E-state index is 12.4. The minimum atomic E-state index is -0.0357. The van der Waals surface area contributed by atoms with Crippen LogP contribution >= 0.6 is 0 Å². The summed E-state index contributed by atoms with van der Waals surface area (Å²) < 4.78 is 16.6. The summed E-state index contributed by atoms with van der Waals surface area (Å²) in [5, 5.41) is 0. The summed E-state index contributed by atoms with van der Waals surface area (Å²) in [6.45, 7) is 2.78. The average molecular weight is 319 g/mol. The van der Waals surface area contributed by atoms with Gasteiger partial charge in [-0.1, -0.05) is 13.0 Å². The summed E-state index contributed by atoms with van der Waals surface area (Å²) in [4.78, 5) is 14.3. The van der Waals surface area contributed by atoms with Gasteiger partial charge in [-0.3, -0.25) is 4.79 Å². The van der Waals surface area contributed by atoms with Gasteiger partial charge in [-0.05, 0) is 37.0 Å². The lowest BCUT2D eigenvalue weighted by Crippen LogP contribution is -2.49. The number of methoxy groups -OCH3 is 2. The molecule has 0 radical (unpaired) electrons. The molecular formula is C18H25NO4. The lowest BCUT2D eigenvalue weighted by Gasteiger charge is -2.37. The van der Waals surface area contributed by atoms with Gasteiger partial charge in [-0.2, -0.15) is 0 Å². The van der Waals surface area contributed by atoms with Gasteiger partial charge in [-0.15, -0.1) is 0 Å². The fraction of sp³-hybridized carbons (Fsp3) is 0.611. The third-order valence-corrected chi connectivity index (χ3v) is 4.99. The summed E-state index contributed by atoms with van der Waals surface area (Å²) in [7, 11) is 3.26. The van der Waals surface area contributed by atoms with E-state index in [4.69, 9.17) is 14.2 Å². The number of amides is 1. The van der Waals surface area contributed by atoms with Crippen molar-refractivity contribution in [2.24, 2.45) is 5.92 Å². The smallest absolute Gasteiger partial charge is 0.224 e. The van der Waals surface area contributed by atoms with Crippen LogP contribution in [0.3, 0.4) is 0 Å². The second-order valence-electron chi connectivity index (χ2n) is 6.28. The minimum absolute atomic E-state index is 0.0357. The fourth-order valence-corrected chi connectivity index (χ4v) is 3.71. The largest absolute Gasteiger partial charge is 0.493 e. The van der Waals surface area contributed by atoms with Crippen molar-refractivity contribution in [1.82, 2.24) is 4.90 Å². The molecule has 2 heterocycles. The first-order chi connectivity index (χ1) is 11.2. The molecule has 1 amide bonds. The van der Waals surface area contributed by atoms with E-state index in [0.717, 1.165) is 36.3 Å². The van der Waals surface area contributed by atoms with Crippen molar-refractivity contribution >= 4 is 5.91 Å². The lowest BCUT2D eigenvalue weighted by molar-refractivity contribution is -0.147. The number of nitrogens with zero attached hydrogens (tertiary/aromatic N) is 1. The summed E-state index contributed by atoms with van der Waals surface area (Å²) >= 11 is 0. The molecule has 0 aliphatic carbocycles. The van der Waals surface area contributed by atoms with Crippen LogP contribution < -0.4 is 9.47 Å². The first-order valence-electron chi connectivity index (χ1n) is 8.31. The van der Waals surface area contributed by atoms with Crippen molar-refractivity contribution in [3.8, 4) is 11.5 Å². The number of hydrogen-bond acceptors (Lipinski definition) is 4. The lowest BCUT2D eigenvalue weighted by atomic mass is 9.92. The molecule has 0 spiro atoms. The van der Waals surface area contributed by atoms with Crippen molar-refractivity contribution < 1.29 is 19.0 Å². The van der Waals surface area contributed by atoms with Crippen molar-refractivity contribution in [1.29, 1.82) is 0 Å². The quantitative estimate of drug-likeness (QED) is 0.837. The Bertz CT molecular complexity index is 574. The van der Waals surface area contributed by atoms with Gasteiger partial charge in [0.25, 0.3) is 0 Å². The number of carbonyl (C=O) groups is 1. The van der Waals surface area contributed by atoms with Crippen LogP contribution in [0.5, 0.6) is 11.5 Å². The van der Waals surface area contributed by atoms with Gasteiger partial charge in [0.05, 0.1) is 26.9 Å². The molecule has 1 aromatic carbocycles. The Morgan fingerprint density at radius 2 is 2.04 bits per heavy atom. The number of benzene rings is 1. The zero-order valence-electron chi connectivity index (χ0n) is 14.1. The van der Waals surface area contributed by atoms with Crippen molar-refractivity contribution in [2.75, 3.05) is 20.8 Å². The maximum Gasteiger partial charge on any atom is 0.224 e. The van der Waals surface area contributed by atoms with Crippen LogP contribution in [0.2, 0.25) is 0 Å². The Morgan fingerprint density at radius 3 is 2.74 bits per heavy atom. The summed E-state index contributed by atoms with van der Waals surface area (Å²) in [6.07, 6.45) is 3.38. The van der Waals surface area contributed by atoms with Crippen LogP contribution in [0.1, 0.15) is 31.7 Å². The van der Waals surface area contributed by atoms with Crippen LogP contribution in [-0.2, 0) is 16.0 Å². The number of hydrogen-bond donors (Lipinski definition) is 0. The second kappa shape index (κ2) is 6.79. The van der Waals surface area contributed by atoms with Gasteiger partial charge < -0.3 is 19.1 Å². The number of ether oxygens (including phenoxy) is 3. The highest BCUT2D eigenvalue weighted by Gasteiger charge is 2.44. The maximum absolute atomic E-state index is 12.4. The van der Waals surface area contributed by atoms with Crippen molar-refractivity contribution in [3.05, 3.63) is 23.8 Å². The number of fused-ring (bicyclic) bond motifs is 1. The predicted molar refractivity (Wildman–Crippen MR) is 86.6 cm³/mol. The fourth-order valence-electron chi connectivity index (χ4n) is 3.71. The summed E-state index contributed by atoms with van der Waals surface area (Å²) in [6, 6.07) is 6.03. The van der Waals surface area contributed by atoms with Crippen molar-refractivity contribution in [2.45, 2.75) is 44.9 Å². The molecule has 5 nitrogen and oxygen atoms in total. The Labute approximate surface area is 137 Å². The molecule has 0 unspecified atom stereocenters. The molecule has 2 aliphatic rings. The van der Waals surface area contributed by atoms with E-state index in [2.05, 4.69) is 6.92 Å². The number of piperidine rings is 1. The van der Waals surface area contributed by atoms with Crippen molar-refractivity contribution in [3.63, 3.8) is 0 Å². The molecule has 23 heavy (non-hydrogen) atoms. The third kappa shape index (κ3) is 3.02. The molecule has 126 valence electrons. The minimum Gasteiger partial charge on any atom is -0.493 e. The molecule has 2 fully saturated rings. The monoisotopic (exact) mass is 319 g/mol. The molecular weight excluding hydrogens is 294 g/mol. The van der Waals surface area contributed by atoms with Gasteiger partial charge in [0, 0.05) is 12.3 Å². The van der Waals surface area contributed by atoms with Crippen LogP contribution in [0.4, 0.5) is 0 Å². The molecule has 2 aliphatic heterocycles. The highest BCUT2D eigenvalue weighted by molar-refractivity contribution is 5.78. The van der Waals surface area contributed by atoms with Gasteiger partial charge in [-0.25, -0.2) is 0 Å². The van der Waals surface area contributed by atoms with Crippen LogP contribution in [-0.4, -0.2) is 43.9 Å². The summed E-state index contributed by atoms with van der Waals surface area (Å²) in [5.41, 5.74) is 1.13. The predicted octanol–water partition coefficient (Wildman–Crippen LogP) is 2.62. The normalized spacial score (nSPS) is 27.0. The van der Waals surface area contributed by atoms with E-state index >= 15 is 0 Å². The standard InChI is InChI=1S/C18H25NO4/c1-4-13-6-8-17(20)19-14(11-23-18(13)19)9-12-5-7-15(21-2)16(10-12)22-3/h5,7,10,13-14,18H,4,6,8-9,11H2,1-3H3/t13-,14+,18+/m1/s1. The van der Waals surface area contributed by atoms with E-state index in [1.807, 2.05) is 23.1 Å². The van der Waals surface area contributed by atoms with E-state index < -0.39 is 0 Å². The molecule has 2 saturated heterocycles. The second-order valence-corrected chi connectivity index (χ2v) is 6.28. The van der Waals surface area contributed by atoms with Gasteiger partial charge in [0.2, 0.25) is 5.91 Å². The molecule has 3 atom stereocenters. The van der Waals surface area contributed by atoms with E-state index in [1.54, 1.807) is 14.2 Å². The first kappa shape index (κ1) is 16.1. The van der Waals surface area contributed by atoms with Crippen LogP contribution in [0, 0.1) is 5.92 Å². The van der Waals surface area contributed by atoms with Crippen LogP contribution in [0.25, 0.3) is 0 Å². The average Bonchev–Trinajstić information content (AvgIpc) is 3.00. The molecule has 0 bridgehead atoms. The molecule has 3 rings (SSSR count). The number of carbonyl (C=O) groups excluding carboxylic acids is 1. The SMILES string of the molecule is CC[C@@H]1CCC(=O)N2[C@@H](Cc3ccc(OC)c(OC)c3)CO[C@@H]12. The third-order valence-electron chi connectivity index (χ3n) is 4.99. The Kier molecular flexibility index (Phi) is 4.76. The highest BCUT2D eigenvalue weighted by atomic mass is 16.5. The molecule has 0 aromatic heterocycles. The topological polar surface area (TPSA) is 48.0 Å². The highest BCUT2D eigenvalue weighted by Crippen LogP contribution is 2.35. The van der Waals surface area contributed by atoms with E-state index in [9.17, 15) is 4.79 Å². The van der Waals surface area contributed by atoms with Gasteiger partial charge >= 0.3 is 0 Å². The molecule has 5 heteroatoms.